The molecule has 3 N–H and O–H groups in total. The van der Waals surface area contributed by atoms with Crippen LogP contribution in [0.1, 0.15) is 16.8 Å². The molecule has 1 aliphatic heterocycles. The van der Waals surface area contributed by atoms with Gasteiger partial charge in [0.1, 0.15) is 10.5 Å². The second-order valence-corrected chi connectivity index (χ2v) is 9.02. The number of aromatic nitrogens is 1. The molecule has 30 heavy (non-hydrogen) atoms. The average molecular weight is 427 g/mol. The number of fused-ring (bicyclic) bond motifs is 1. The summed E-state index contributed by atoms with van der Waals surface area (Å²) in [6.45, 7) is 0.184. The van der Waals surface area contributed by atoms with Gasteiger partial charge in [-0.3, -0.25) is 14.5 Å². The SMILES string of the molecule is O=C(c1ccc(NS(=O)(=O)c2cccc3cccnc23)cc1)N1CC(O)(CCO)C1. The van der Waals surface area contributed by atoms with E-state index < -0.39 is 15.6 Å². The smallest absolute Gasteiger partial charge is 0.264 e. The largest absolute Gasteiger partial charge is 0.396 e. The van der Waals surface area contributed by atoms with Crippen LogP contribution in [0.15, 0.2) is 65.7 Å². The van der Waals surface area contributed by atoms with E-state index in [1.54, 1.807) is 30.5 Å². The summed E-state index contributed by atoms with van der Waals surface area (Å²) in [4.78, 5) is 18.2. The number of aliphatic hydroxyl groups excluding tert-OH is 1. The van der Waals surface area contributed by atoms with Crippen LogP contribution in [-0.2, 0) is 10.0 Å². The number of carbonyl (C=O) groups is 1. The molecule has 156 valence electrons. The highest BCUT2D eigenvalue weighted by atomic mass is 32.2. The molecule has 0 radical (unpaired) electrons. The van der Waals surface area contributed by atoms with Crippen molar-refractivity contribution in [2.45, 2.75) is 16.9 Å². The number of benzene rings is 2. The van der Waals surface area contributed by atoms with Crippen molar-refractivity contribution < 1.29 is 23.4 Å². The lowest BCUT2D eigenvalue weighted by atomic mass is 9.90. The highest BCUT2D eigenvalue weighted by Crippen LogP contribution is 2.27. The second kappa shape index (κ2) is 7.67. The molecule has 1 aromatic heterocycles. The predicted octanol–water partition coefficient (Wildman–Crippen LogP) is 1.60. The standard InChI is InChI=1S/C21H21N3O5S/c25-12-10-21(27)13-24(14-21)20(26)16-6-8-17(9-7-16)23-30(28,29)18-5-1-3-15-4-2-11-22-19(15)18/h1-9,11,23,25,27H,10,12-14H2. The number of para-hydroxylation sites is 1. The van der Waals surface area contributed by atoms with Crippen molar-refractivity contribution in [3.05, 3.63) is 66.4 Å². The number of rotatable bonds is 6. The molecule has 0 unspecified atom stereocenters. The number of carbonyl (C=O) groups excluding carboxylic acids is 1. The molecule has 1 amide bonds. The Labute approximate surface area is 173 Å². The maximum Gasteiger partial charge on any atom is 0.264 e. The topological polar surface area (TPSA) is 120 Å². The first-order valence-electron chi connectivity index (χ1n) is 9.40. The molecule has 2 aromatic carbocycles. The van der Waals surface area contributed by atoms with Crippen molar-refractivity contribution in [2.24, 2.45) is 0 Å². The number of β-amino-alcohol motifs (C(OH)–C–C–N with tert-alkyl or cyclic N) is 1. The third-order valence-electron chi connectivity index (χ3n) is 5.10. The van der Waals surface area contributed by atoms with Crippen LogP contribution in [-0.4, -0.2) is 59.7 Å². The molecule has 4 rings (SSSR count). The van der Waals surface area contributed by atoms with Crippen molar-refractivity contribution in [1.82, 2.24) is 9.88 Å². The van der Waals surface area contributed by atoms with E-state index in [1.165, 1.54) is 35.2 Å². The second-order valence-electron chi connectivity index (χ2n) is 7.37. The van der Waals surface area contributed by atoms with Crippen molar-refractivity contribution in [3.63, 3.8) is 0 Å². The number of pyridine rings is 1. The number of sulfonamides is 1. The molecule has 0 bridgehead atoms. The summed E-state index contributed by atoms with van der Waals surface area (Å²) in [5.41, 5.74) is 0.0510. The van der Waals surface area contributed by atoms with E-state index >= 15 is 0 Å². The number of aliphatic hydroxyl groups is 2. The first kappa shape index (κ1) is 20.3. The van der Waals surface area contributed by atoms with Crippen LogP contribution in [0.25, 0.3) is 10.9 Å². The molecule has 0 atom stereocenters. The van der Waals surface area contributed by atoms with Gasteiger partial charge in [-0.2, -0.15) is 0 Å². The van der Waals surface area contributed by atoms with Gasteiger partial charge in [-0.05, 0) is 36.4 Å². The summed E-state index contributed by atoms with van der Waals surface area (Å²) < 4.78 is 28.2. The molecular weight excluding hydrogens is 406 g/mol. The van der Waals surface area contributed by atoms with E-state index in [2.05, 4.69) is 9.71 Å². The number of nitrogens with one attached hydrogen (secondary N) is 1. The zero-order valence-electron chi connectivity index (χ0n) is 16.0. The molecule has 0 saturated carbocycles. The Hall–Kier alpha value is -3.01. The van der Waals surface area contributed by atoms with Crippen LogP contribution in [0.2, 0.25) is 0 Å². The summed E-state index contributed by atoms with van der Waals surface area (Å²) in [6.07, 6.45) is 1.76. The Balaban J connectivity index is 1.49. The van der Waals surface area contributed by atoms with Crippen molar-refractivity contribution in [3.8, 4) is 0 Å². The van der Waals surface area contributed by atoms with E-state index in [-0.39, 0.29) is 36.9 Å². The van der Waals surface area contributed by atoms with Gasteiger partial charge in [0.05, 0.1) is 18.6 Å². The minimum atomic E-state index is -3.87. The molecule has 3 aromatic rings. The molecule has 1 aliphatic rings. The molecule has 1 saturated heterocycles. The highest BCUT2D eigenvalue weighted by molar-refractivity contribution is 7.93. The fourth-order valence-electron chi connectivity index (χ4n) is 3.54. The number of hydrogen-bond donors (Lipinski definition) is 3. The van der Waals surface area contributed by atoms with Crippen LogP contribution < -0.4 is 4.72 Å². The van der Waals surface area contributed by atoms with Gasteiger partial charge < -0.3 is 15.1 Å². The van der Waals surface area contributed by atoms with Crippen LogP contribution in [0.4, 0.5) is 5.69 Å². The first-order valence-corrected chi connectivity index (χ1v) is 10.9. The lowest BCUT2D eigenvalue weighted by Crippen LogP contribution is -2.63. The summed E-state index contributed by atoms with van der Waals surface area (Å²) in [6, 6.07) is 14.6. The van der Waals surface area contributed by atoms with Crippen LogP contribution in [0.5, 0.6) is 0 Å². The van der Waals surface area contributed by atoms with Gasteiger partial charge in [-0.1, -0.05) is 18.2 Å². The Morgan fingerprint density at radius 1 is 1.10 bits per heavy atom. The number of anilines is 1. The van der Waals surface area contributed by atoms with E-state index in [1.807, 2.05) is 0 Å². The Kier molecular flexibility index (Phi) is 5.19. The molecular formula is C21H21N3O5S. The third-order valence-corrected chi connectivity index (χ3v) is 6.52. The molecule has 0 spiro atoms. The predicted molar refractivity (Wildman–Crippen MR) is 112 cm³/mol. The third kappa shape index (κ3) is 3.87. The van der Waals surface area contributed by atoms with Gasteiger partial charge in [0.15, 0.2) is 0 Å². The summed E-state index contributed by atoms with van der Waals surface area (Å²) in [5.74, 6) is -0.259. The average Bonchev–Trinajstić information content (AvgIpc) is 2.71. The minimum absolute atomic E-state index is 0.0736. The number of nitrogens with zero attached hydrogens (tertiary/aromatic N) is 2. The van der Waals surface area contributed by atoms with Crippen LogP contribution >= 0.6 is 0 Å². The van der Waals surface area contributed by atoms with E-state index in [9.17, 15) is 18.3 Å². The lowest BCUT2D eigenvalue weighted by Gasteiger charge is -2.46. The quantitative estimate of drug-likeness (QED) is 0.550. The molecule has 2 heterocycles. The number of hydrogen-bond acceptors (Lipinski definition) is 6. The Morgan fingerprint density at radius 3 is 2.50 bits per heavy atom. The van der Waals surface area contributed by atoms with Gasteiger partial charge in [0.25, 0.3) is 15.9 Å². The summed E-state index contributed by atoms with van der Waals surface area (Å²) in [5, 5.41) is 19.8. The zero-order chi connectivity index (χ0) is 21.4. The maximum atomic E-state index is 12.9. The normalized spacial score (nSPS) is 15.6. The van der Waals surface area contributed by atoms with Gasteiger partial charge in [0.2, 0.25) is 0 Å². The zero-order valence-corrected chi connectivity index (χ0v) is 16.8. The van der Waals surface area contributed by atoms with Crippen LogP contribution in [0, 0.1) is 0 Å². The maximum absolute atomic E-state index is 12.9. The van der Waals surface area contributed by atoms with Crippen LogP contribution in [0.3, 0.4) is 0 Å². The van der Waals surface area contributed by atoms with Gasteiger partial charge in [-0.25, -0.2) is 8.42 Å². The molecule has 0 aliphatic carbocycles. The number of likely N-dealkylation sites (tertiary alicyclic amines) is 1. The van der Waals surface area contributed by atoms with E-state index in [0.717, 1.165) is 5.39 Å². The Bertz CT molecular complexity index is 1180. The van der Waals surface area contributed by atoms with Crippen molar-refractivity contribution in [1.29, 1.82) is 0 Å². The van der Waals surface area contributed by atoms with Gasteiger partial charge in [-0.15, -0.1) is 0 Å². The van der Waals surface area contributed by atoms with Crippen molar-refractivity contribution in [2.75, 3.05) is 24.4 Å². The fourth-order valence-corrected chi connectivity index (χ4v) is 4.78. The first-order chi connectivity index (χ1) is 14.3. The minimum Gasteiger partial charge on any atom is -0.396 e. The molecule has 8 nitrogen and oxygen atoms in total. The van der Waals surface area contributed by atoms with E-state index in [4.69, 9.17) is 5.11 Å². The lowest BCUT2D eigenvalue weighted by molar-refractivity contribution is -0.0923. The van der Waals surface area contributed by atoms with Crippen molar-refractivity contribution >= 4 is 32.5 Å². The molecule has 9 heteroatoms. The molecule has 1 fully saturated rings. The monoisotopic (exact) mass is 427 g/mol. The number of amides is 1. The summed E-state index contributed by atoms with van der Waals surface area (Å²) >= 11 is 0. The highest BCUT2D eigenvalue weighted by Gasteiger charge is 2.43. The summed E-state index contributed by atoms with van der Waals surface area (Å²) in [7, 11) is -3.87. The fraction of sp³-hybridized carbons (Fsp3) is 0.238. The Morgan fingerprint density at radius 2 is 1.80 bits per heavy atom. The van der Waals surface area contributed by atoms with Gasteiger partial charge in [0, 0.05) is 35.9 Å². The van der Waals surface area contributed by atoms with E-state index in [0.29, 0.717) is 16.8 Å². The van der Waals surface area contributed by atoms with Gasteiger partial charge >= 0.3 is 0 Å².